The lowest BCUT2D eigenvalue weighted by molar-refractivity contribution is 0.112. The summed E-state index contributed by atoms with van der Waals surface area (Å²) in [5.41, 5.74) is 1.64. The highest BCUT2D eigenvalue weighted by Crippen LogP contribution is 2.22. The fourth-order valence-electron chi connectivity index (χ4n) is 2.16. The quantitative estimate of drug-likeness (QED) is 0.696. The first-order valence-corrected chi connectivity index (χ1v) is 7.71. The topological polar surface area (TPSA) is 69.0 Å². The summed E-state index contributed by atoms with van der Waals surface area (Å²) in [5, 5.41) is 0.517. The molecule has 0 amide bonds. The molecule has 0 atom stereocenters. The number of fused-ring (bicyclic) bond motifs is 1. The van der Waals surface area contributed by atoms with Crippen LogP contribution < -0.4 is 0 Å². The lowest BCUT2D eigenvalue weighted by Crippen LogP contribution is -2.12. The van der Waals surface area contributed by atoms with Gasteiger partial charge in [0.15, 0.2) is 11.9 Å². The van der Waals surface area contributed by atoms with Crippen LogP contribution in [0.25, 0.3) is 11.0 Å². The smallest absolute Gasteiger partial charge is 0.269 e. The van der Waals surface area contributed by atoms with Crippen molar-refractivity contribution in [2.75, 3.05) is 0 Å². The molecule has 0 spiro atoms. The molecular weight excluding hydrogens is 288 g/mol. The molecule has 0 bridgehead atoms. The van der Waals surface area contributed by atoms with Crippen molar-refractivity contribution in [3.8, 4) is 0 Å². The Morgan fingerprint density at radius 3 is 2.48 bits per heavy atom. The maximum atomic E-state index is 12.7. The van der Waals surface area contributed by atoms with E-state index in [1.54, 1.807) is 36.4 Å². The fraction of sp³-hybridized carbons (Fsp3) is 0.0667. The molecule has 3 aromatic rings. The molecule has 106 valence electrons. The van der Waals surface area contributed by atoms with E-state index in [1.165, 1.54) is 12.4 Å². The van der Waals surface area contributed by atoms with E-state index >= 15 is 0 Å². The molecule has 1 aromatic carbocycles. The minimum absolute atomic E-state index is 0.184. The van der Waals surface area contributed by atoms with Crippen LogP contribution in [-0.2, 0) is 10.0 Å². The van der Waals surface area contributed by atoms with Crippen LogP contribution in [0.4, 0.5) is 0 Å². The van der Waals surface area contributed by atoms with Crippen molar-refractivity contribution in [3.05, 3.63) is 59.9 Å². The summed E-state index contributed by atoms with van der Waals surface area (Å²) < 4.78 is 26.4. The van der Waals surface area contributed by atoms with Crippen LogP contribution in [0.1, 0.15) is 15.9 Å². The number of benzene rings is 1. The van der Waals surface area contributed by atoms with E-state index in [9.17, 15) is 13.2 Å². The number of nitrogens with zero attached hydrogens (tertiary/aromatic N) is 2. The maximum absolute atomic E-state index is 12.7. The number of aldehydes is 1. The van der Waals surface area contributed by atoms with Gasteiger partial charge in [-0.3, -0.25) is 4.79 Å². The van der Waals surface area contributed by atoms with E-state index in [-0.39, 0.29) is 10.5 Å². The second-order valence-electron chi connectivity index (χ2n) is 4.68. The zero-order chi connectivity index (χ0) is 15.0. The van der Waals surface area contributed by atoms with Crippen LogP contribution in [0, 0.1) is 6.92 Å². The normalized spacial score (nSPS) is 11.7. The minimum atomic E-state index is -3.73. The monoisotopic (exact) mass is 300 g/mol. The van der Waals surface area contributed by atoms with Gasteiger partial charge in [-0.15, -0.1) is 0 Å². The third-order valence-corrected chi connectivity index (χ3v) is 4.97. The maximum Gasteiger partial charge on any atom is 0.269 e. The zero-order valence-electron chi connectivity index (χ0n) is 11.2. The van der Waals surface area contributed by atoms with Gasteiger partial charge in [-0.05, 0) is 31.2 Å². The van der Waals surface area contributed by atoms with Gasteiger partial charge < -0.3 is 0 Å². The van der Waals surface area contributed by atoms with Crippen molar-refractivity contribution in [3.63, 3.8) is 0 Å². The largest absolute Gasteiger partial charge is 0.298 e. The van der Waals surface area contributed by atoms with Gasteiger partial charge in [0.1, 0.15) is 0 Å². The van der Waals surface area contributed by atoms with Gasteiger partial charge in [-0.2, -0.15) is 0 Å². The number of carbonyl (C=O) groups is 1. The Bertz CT molecular complexity index is 925. The summed E-state index contributed by atoms with van der Waals surface area (Å²) in [5.74, 6) is 0. The molecule has 6 heteroatoms. The molecule has 0 saturated carbocycles. The van der Waals surface area contributed by atoms with Crippen LogP contribution >= 0.6 is 0 Å². The molecule has 0 saturated heterocycles. The highest BCUT2D eigenvalue weighted by Gasteiger charge is 2.20. The number of aryl methyl sites for hydroxylation is 1. The molecule has 0 fully saturated rings. The third kappa shape index (κ3) is 2.13. The molecule has 21 heavy (non-hydrogen) atoms. The van der Waals surface area contributed by atoms with Crippen molar-refractivity contribution in [2.45, 2.75) is 11.8 Å². The molecular formula is C15H12N2O3S. The molecule has 0 radical (unpaired) electrons. The molecule has 0 aliphatic heterocycles. The number of hydrogen-bond acceptors (Lipinski definition) is 4. The highest BCUT2D eigenvalue weighted by molar-refractivity contribution is 7.90. The molecule has 2 aromatic heterocycles. The first-order chi connectivity index (χ1) is 10.0. The molecule has 0 aliphatic rings. The van der Waals surface area contributed by atoms with Crippen LogP contribution in [0.5, 0.6) is 0 Å². The van der Waals surface area contributed by atoms with Gasteiger partial charge in [0, 0.05) is 23.3 Å². The van der Waals surface area contributed by atoms with E-state index in [0.717, 1.165) is 9.54 Å². The predicted octanol–water partition coefficient (Wildman–Crippen LogP) is 2.39. The molecule has 2 heterocycles. The lowest BCUT2D eigenvalue weighted by atomic mass is 10.2. The number of pyridine rings is 1. The number of hydrogen-bond donors (Lipinski definition) is 0. The van der Waals surface area contributed by atoms with E-state index in [2.05, 4.69) is 4.98 Å². The van der Waals surface area contributed by atoms with Crippen LogP contribution in [0.2, 0.25) is 0 Å². The minimum Gasteiger partial charge on any atom is -0.298 e. The summed E-state index contributed by atoms with van der Waals surface area (Å²) in [7, 11) is -3.73. The Morgan fingerprint density at radius 2 is 1.81 bits per heavy atom. The fourth-order valence-corrected chi connectivity index (χ4v) is 3.46. The number of rotatable bonds is 3. The van der Waals surface area contributed by atoms with Gasteiger partial charge in [-0.25, -0.2) is 17.4 Å². The van der Waals surface area contributed by atoms with Crippen molar-refractivity contribution in [1.29, 1.82) is 0 Å². The van der Waals surface area contributed by atoms with Crippen molar-refractivity contribution in [1.82, 2.24) is 8.96 Å². The average Bonchev–Trinajstić information content (AvgIpc) is 2.92. The molecule has 5 nitrogen and oxygen atoms in total. The lowest BCUT2D eigenvalue weighted by Gasteiger charge is -2.07. The van der Waals surface area contributed by atoms with Crippen molar-refractivity contribution >= 4 is 27.3 Å². The number of aromatic nitrogens is 2. The van der Waals surface area contributed by atoms with Gasteiger partial charge in [0.2, 0.25) is 0 Å². The first-order valence-electron chi connectivity index (χ1n) is 6.27. The summed E-state index contributed by atoms with van der Waals surface area (Å²) in [6.45, 7) is 1.89. The Hall–Kier alpha value is -2.47. The Morgan fingerprint density at radius 1 is 1.10 bits per heavy atom. The van der Waals surface area contributed by atoms with E-state index in [4.69, 9.17) is 0 Å². The second kappa shape index (κ2) is 4.82. The molecule has 0 unspecified atom stereocenters. The van der Waals surface area contributed by atoms with Crippen LogP contribution in [0.15, 0.2) is 53.7 Å². The number of carbonyl (C=O) groups excluding carboxylic acids is 1. The Balaban J connectivity index is 2.24. The summed E-state index contributed by atoms with van der Waals surface area (Å²) in [6.07, 6.45) is 3.53. The Kier molecular flexibility index (Phi) is 3.10. The van der Waals surface area contributed by atoms with Crippen molar-refractivity contribution < 1.29 is 13.2 Å². The standard InChI is InChI=1S/C15H12N2O3S/c1-11-2-4-13(5-3-11)21(19,20)17-9-7-14-12(10-18)6-8-16-15(14)17/h2-10H,1H3. The van der Waals surface area contributed by atoms with Crippen LogP contribution in [0.3, 0.4) is 0 Å². The van der Waals surface area contributed by atoms with Gasteiger partial charge >= 0.3 is 0 Å². The summed E-state index contributed by atoms with van der Waals surface area (Å²) in [6, 6.07) is 9.72. The predicted molar refractivity (Wildman–Crippen MR) is 78.9 cm³/mol. The highest BCUT2D eigenvalue weighted by atomic mass is 32.2. The Labute approximate surface area is 121 Å². The average molecular weight is 300 g/mol. The second-order valence-corrected chi connectivity index (χ2v) is 6.50. The van der Waals surface area contributed by atoms with Gasteiger partial charge in [-0.1, -0.05) is 17.7 Å². The van der Waals surface area contributed by atoms with Gasteiger partial charge in [0.05, 0.1) is 4.90 Å². The molecule has 3 rings (SSSR count). The summed E-state index contributed by atoms with van der Waals surface area (Å²) >= 11 is 0. The molecule has 0 aliphatic carbocycles. The van der Waals surface area contributed by atoms with Gasteiger partial charge in [0.25, 0.3) is 10.0 Å². The van der Waals surface area contributed by atoms with E-state index in [0.29, 0.717) is 17.2 Å². The summed E-state index contributed by atoms with van der Waals surface area (Å²) in [4.78, 5) is 15.3. The van der Waals surface area contributed by atoms with Crippen molar-refractivity contribution in [2.24, 2.45) is 0 Å². The SMILES string of the molecule is Cc1ccc(S(=O)(=O)n2ccc3c(C=O)ccnc32)cc1. The third-order valence-electron chi connectivity index (χ3n) is 3.29. The van der Waals surface area contributed by atoms with E-state index in [1.807, 2.05) is 6.92 Å². The van der Waals surface area contributed by atoms with E-state index < -0.39 is 10.0 Å². The first kappa shape index (κ1) is 13.5. The molecule has 0 N–H and O–H groups in total. The zero-order valence-corrected chi connectivity index (χ0v) is 12.0. The van der Waals surface area contributed by atoms with Crippen LogP contribution in [-0.4, -0.2) is 23.7 Å².